The number of hydrogen-bond acceptors (Lipinski definition) is 3. The number of fused-ring (bicyclic) bond motifs is 1. The zero-order valence-electron chi connectivity index (χ0n) is 22.0. The first-order chi connectivity index (χ1) is 17.5. The first-order valence-electron chi connectivity index (χ1n) is 15.1. The van der Waals surface area contributed by atoms with Crippen LogP contribution in [0.3, 0.4) is 0 Å². The van der Waals surface area contributed by atoms with Crippen molar-refractivity contribution < 1.29 is 9.59 Å². The van der Waals surface area contributed by atoms with Crippen LogP contribution in [-0.4, -0.2) is 70.6 Å². The van der Waals surface area contributed by atoms with E-state index in [2.05, 4.69) is 15.1 Å². The van der Waals surface area contributed by atoms with Gasteiger partial charge in [0, 0.05) is 48.9 Å². The molecule has 5 fully saturated rings. The predicted octanol–water partition coefficient (Wildman–Crippen LogP) is 5.57. The van der Waals surface area contributed by atoms with Gasteiger partial charge in [-0.25, -0.2) is 0 Å². The van der Waals surface area contributed by atoms with Crippen molar-refractivity contribution in [2.24, 2.45) is 23.7 Å². The molecule has 2 amide bonds. The van der Waals surface area contributed by atoms with E-state index in [0.717, 1.165) is 71.1 Å². The van der Waals surface area contributed by atoms with Crippen molar-refractivity contribution in [1.82, 2.24) is 15.1 Å². The molecule has 2 aliphatic heterocycles. The molecule has 5 unspecified atom stereocenters. The highest BCUT2D eigenvalue weighted by molar-refractivity contribution is 6.20. The summed E-state index contributed by atoms with van der Waals surface area (Å²) in [6, 6.07) is 0.643. The fourth-order valence-corrected chi connectivity index (χ4v) is 8.69. The molecule has 2 heterocycles. The number of carbonyl (C=O) groups is 2. The lowest BCUT2D eigenvalue weighted by molar-refractivity contribution is -0.140. The molecular weight excluding hydrogens is 493 g/mol. The second-order valence-electron chi connectivity index (χ2n) is 12.7. The van der Waals surface area contributed by atoms with E-state index in [-0.39, 0.29) is 23.2 Å². The molecule has 1 N–H and O–H groups in total. The Kier molecular flexibility index (Phi) is 9.44. The molecule has 3 saturated carbocycles. The van der Waals surface area contributed by atoms with Crippen molar-refractivity contribution in [2.45, 2.75) is 119 Å². The smallest absolute Gasteiger partial charge is 0.239 e. The number of nitrogens with one attached hydrogen (secondary N) is 1. The number of hydrogen-bond donors (Lipinski definition) is 1. The molecular formula is C29H47Cl2N3O2. The van der Waals surface area contributed by atoms with E-state index in [1.165, 1.54) is 51.4 Å². The number of halogens is 2. The van der Waals surface area contributed by atoms with Gasteiger partial charge in [-0.3, -0.25) is 14.5 Å². The summed E-state index contributed by atoms with van der Waals surface area (Å²) in [7, 11) is 0. The standard InChI is InChI=1S/C29H47Cl2N3O2/c30-24-10-8-20(9-11-24)19-34-26-7-2-1-5-23(26)17-27(34)29(36)33-14-12-22(13-15-33)28(35)32-18-21-4-3-6-25(31)16-21/h20-27H,1-19H2,(H,32,35). The van der Waals surface area contributed by atoms with Crippen LogP contribution in [-0.2, 0) is 9.59 Å². The van der Waals surface area contributed by atoms with Crippen molar-refractivity contribution in [2.75, 3.05) is 26.2 Å². The van der Waals surface area contributed by atoms with Gasteiger partial charge in [0.05, 0.1) is 6.04 Å². The SMILES string of the molecule is O=C(NCC1CCCC(Cl)C1)C1CCN(C(=O)C2CC3CCCCC3N2CC2CCC(Cl)CC2)CC1. The quantitative estimate of drug-likeness (QED) is 0.449. The highest BCUT2D eigenvalue weighted by Gasteiger charge is 2.47. The molecule has 36 heavy (non-hydrogen) atoms. The summed E-state index contributed by atoms with van der Waals surface area (Å²) in [4.78, 5) is 31.4. The van der Waals surface area contributed by atoms with E-state index in [9.17, 15) is 9.59 Å². The lowest BCUT2D eigenvalue weighted by Crippen LogP contribution is -2.52. The Labute approximate surface area is 228 Å². The van der Waals surface area contributed by atoms with Gasteiger partial charge in [0.15, 0.2) is 0 Å². The van der Waals surface area contributed by atoms with Gasteiger partial charge in [0.1, 0.15) is 0 Å². The Balaban J connectivity index is 1.13. The number of rotatable bonds is 6. The molecule has 5 nitrogen and oxygen atoms in total. The van der Waals surface area contributed by atoms with Crippen molar-refractivity contribution in [1.29, 1.82) is 0 Å². The Bertz CT molecular complexity index is 751. The number of carbonyl (C=O) groups excluding carboxylic acids is 2. The average molecular weight is 541 g/mol. The van der Waals surface area contributed by atoms with Gasteiger partial charge in [-0.15, -0.1) is 23.2 Å². The summed E-state index contributed by atoms with van der Waals surface area (Å²) in [6.07, 6.45) is 16.9. The zero-order valence-corrected chi connectivity index (χ0v) is 23.5. The average Bonchev–Trinajstić information content (AvgIpc) is 3.26. The van der Waals surface area contributed by atoms with Crippen molar-refractivity contribution in [3.05, 3.63) is 0 Å². The summed E-state index contributed by atoms with van der Waals surface area (Å²) in [5.41, 5.74) is 0. The minimum absolute atomic E-state index is 0.0393. The van der Waals surface area contributed by atoms with Crippen molar-refractivity contribution >= 4 is 35.0 Å². The van der Waals surface area contributed by atoms with Crippen molar-refractivity contribution in [3.8, 4) is 0 Å². The van der Waals surface area contributed by atoms with Crippen LogP contribution >= 0.6 is 23.2 Å². The molecule has 0 spiro atoms. The summed E-state index contributed by atoms with van der Waals surface area (Å²) in [5.74, 6) is 2.45. The summed E-state index contributed by atoms with van der Waals surface area (Å²) < 4.78 is 0. The number of amides is 2. The van der Waals surface area contributed by atoms with Crippen LogP contribution in [0, 0.1) is 23.7 Å². The molecule has 3 aliphatic carbocycles. The topological polar surface area (TPSA) is 52.7 Å². The van der Waals surface area contributed by atoms with E-state index in [0.29, 0.717) is 35.1 Å². The number of alkyl halides is 2. The maximum Gasteiger partial charge on any atom is 0.239 e. The van der Waals surface area contributed by atoms with Crippen LogP contribution in [0.15, 0.2) is 0 Å². The molecule has 5 atom stereocenters. The van der Waals surface area contributed by atoms with Crippen LogP contribution in [0.2, 0.25) is 0 Å². The van der Waals surface area contributed by atoms with E-state index >= 15 is 0 Å². The van der Waals surface area contributed by atoms with Gasteiger partial charge in [-0.05, 0) is 94.8 Å². The van der Waals surface area contributed by atoms with Crippen LogP contribution in [0.4, 0.5) is 0 Å². The van der Waals surface area contributed by atoms with Crippen LogP contribution < -0.4 is 5.32 Å². The third-order valence-electron chi connectivity index (χ3n) is 10.2. The van der Waals surface area contributed by atoms with Crippen molar-refractivity contribution in [3.63, 3.8) is 0 Å². The van der Waals surface area contributed by atoms with Gasteiger partial charge in [-0.1, -0.05) is 19.3 Å². The Morgan fingerprint density at radius 2 is 1.50 bits per heavy atom. The molecule has 2 saturated heterocycles. The zero-order chi connectivity index (χ0) is 25.1. The molecule has 0 radical (unpaired) electrons. The fourth-order valence-electron chi connectivity index (χ4n) is 8.03. The Morgan fingerprint density at radius 1 is 0.750 bits per heavy atom. The number of piperidine rings is 1. The van der Waals surface area contributed by atoms with Gasteiger partial charge < -0.3 is 10.2 Å². The second kappa shape index (κ2) is 12.6. The highest BCUT2D eigenvalue weighted by Crippen LogP contribution is 2.42. The van der Waals surface area contributed by atoms with E-state index in [1.54, 1.807) is 0 Å². The minimum Gasteiger partial charge on any atom is -0.356 e. The maximum atomic E-state index is 13.8. The van der Waals surface area contributed by atoms with E-state index in [1.807, 2.05) is 0 Å². The first-order valence-corrected chi connectivity index (χ1v) is 16.0. The second-order valence-corrected chi connectivity index (χ2v) is 13.9. The summed E-state index contributed by atoms with van der Waals surface area (Å²) in [6.45, 7) is 3.28. The summed E-state index contributed by atoms with van der Waals surface area (Å²) >= 11 is 12.7. The third kappa shape index (κ3) is 6.54. The molecule has 5 aliphatic rings. The Hall–Kier alpha value is -0.520. The number of likely N-dealkylation sites (tertiary alicyclic amines) is 2. The molecule has 0 aromatic heterocycles. The first kappa shape index (κ1) is 27.1. The largest absolute Gasteiger partial charge is 0.356 e. The molecule has 5 rings (SSSR count). The Morgan fingerprint density at radius 3 is 2.25 bits per heavy atom. The van der Waals surface area contributed by atoms with Crippen LogP contribution in [0.25, 0.3) is 0 Å². The predicted molar refractivity (Wildman–Crippen MR) is 146 cm³/mol. The monoisotopic (exact) mass is 539 g/mol. The maximum absolute atomic E-state index is 13.8. The van der Waals surface area contributed by atoms with E-state index < -0.39 is 0 Å². The van der Waals surface area contributed by atoms with Crippen LogP contribution in [0.5, 0.6) is 0 Å². The lowest BCUT2D eigenvalue weighted by Gasteiger charge is -2.39. The van der Waals surface area contributed by atoms with E-state index in [4.69, 9.17) is 23.2 Å². The van der Waals surface area contributed by atoms with Gasteiger partial charge >= 0.3 is 0 Å². The minimum atomic E-state index is 0.0393. The normalized spacial score (nSPS) is 38.5. The molecule has 7 heteroatoms. The van der Waals surface area contributed by atoms with Crippen LogP contribution in [0.1, 0.15) is 96.3 Å². The highest BCUT2D eigenvalue weighted by atomic mass is 35.5. The van der Waals surface area contributed by atoms with Gasteiger partial charge in [-0.2, -0.15) is 0 Å². The summed E-state index contributed by atoms with van der Waals surface area (Å²) in [5, 5.41) is 3.83. The van der Waals surface area contributed by atoms with Gasteiger partial charge in [0.25, 0.3) is 0 Å². The lowest BCUT2D eigenvalue weighted by atomic mass is 9.84. The molecule has 0 bridgehead atoms. The van der Waals surface area contributed by atoms with Gasteiger partial charge in [0.2, 0.25) is 11.8 Å². The number of nitrogens with zero attached hydrogens (tertiary/aromatic N) is 2. The fraction of sp³-hybridized carbons (Fsp3) is 0.931. The molecule has 0 aromatic carbocycles. The third-order valence-corrected chi connectivity index (χ3v) is 11.0. The molecule has 0 aromatic rings. The molecule has 204 valence electrons.